The van der Waals surface area contributed by atoms with E-state index in [0.29, 0.717) is 0 Å². The number of fused-ring (bicyclic) bond motifs is 1. The average molecular weight is 381 g/mol. The standard InChI is InChI=1S/C18H12F5N3O/c19-11-3-1-2-9(14(11)18(21,22)23)8-4-5-13-25-17(24)15(26(13)7-8)16(27)10-6-12(10)20/h1-5,7,10,12H,6,24H2/t10-,12+/m1/s1. The van der Waals surface area contributed by atoms with Crippen LogP contribution in [-0.4, -0.2) is 21.3 Å². The van der Waals surface area contributed by atoms with Crippen LogP contribution in [0.2, 0.25) is 0 Å². The van der Waals surface area contributed by atoms with Crippen molar-refractivity contribution in [1.29, 1.82) is 0 Å². The molecule has 0 spiro atoms. The van der Waals surface area contributed by atoms with E-state index < -0.39 is 35.4 Å². The summed E-state index contributed by atoms with van der Waals surface area (Å²) in [5.74, 6) is -2.91. The van der Waals surface area contributed by atoms with Crippen LogP contribution in [0.3, 0.4) is 0 Å². The minimum absolute atomic E-state index is 0.0216. The summed E-state index contributed by atoms with van der Waals surface area (Å²) in [6.45, 7) is 0. The van der Waals surface area contributed by atoms with E-state index in [1.54, 1.807) is 0 Å². The Bertz CT molecular complexity index is 1070. The number of nitrogens with two attached hydrogens (primary N) is 1. The maximum Gasteiger partial charge on any atom is 0.419 e. The molecular weight excluding hydrogens is 369 g/mol. The van der Waals surface area contributed by atoms with Gasteiger partial charge in [-0.2, -0.15) is 13.2 Å². The van der Waals surface area contributed by atoms with E-state index in [0.717, 1.165) is 18.2 Å². The van der Waals surface area contributed by atoms with Gasteiger partial charge in [-0.1, -0.05) is 12.1 Å². The van der Waals surface area contributed by atoms with Gasteiger partial charge in [-0.05, 0) is 35.7 Å². The molecule has 9 heteroatoms. The first-order valence-corrected chi connectivity index (χ1v) is 8.00. The lowest BCUT2D eigenvalue weighted by Crippen LogP contribution is -2.11. The Hall–Kier alpha value is -2.97. The highest BCUT2D eigenvalue weighted by Crippen LogP contribution is 2.40. The summed E-state index contributed by atoms with van der Waals surface area (Å²) in [7, 11) is 0. The van der Waals surface area contributed by atoms with Gasteiger partial charge in [0.05, 0.1) is 11.5 Å². The number of pyridine rings is 1. The zero-order valence-corrected chi connectivity index (χ0v) is 13.6. The summed E-state index contributed by atoms with van der Waals surface area (Å²) in [6, 6.07) is 5.72. The molecule has 0 radical (unpaired) electrons. The number of nitrogens with zero attached hydrogens (tertiary/aromatic N) is 2. The Morgan fingerprint density at radius 1 is 1.22 bits per heavy atom. The second kappa shape index (κ2) is 5.77. The number of alkyl halides is 4. The molecule has 27 heavy (non-hydrogen) atoms. The normalized spacial score (nSPS) is 19.4. The molecular formula is C18H12F5N3O. The number of Topliss-reactive ketones (excluding diaryl/α,β-unsaturated/α-hetero) is 1. The quantitative estimate of drug-likeness (QED) is 0.544. The Labute approximate surface area is 149 Å². The molecule has 2 aromatic heterocycles. The van der Waals surface area contributed by atoms with Gasteiger partial charge >= 0.3 is 6.18 Å². The van der Waals surface area contributed by atoms with E-state index >= 15 is 0 Å². The highest BCUT2D eigenvalue weighted by atomic mass is 19.4. The van der Waals surface area contributed by atoms with E-state index in [2.05, 4.69) is 4.98 Å². The number of anilines is 1. The topological polar surface area (TPSA) is 60.4 Å². The van der Waals surface area contributed by atoms with E-state index in [1.165, 1.54) is 22.7 Å². The number of ketones is 1. The molecule has 2 atom stereocenters. The lowest BCUT2D eigenvalue weighted by molar-refractivity contribution is -0.139. The van der Waals surface area contributed by atoms with E-state index in [1.807, 2.05) is 0 Å². The van der Waals surface area contributed by atoms with E-state index in [9.17, 15) is 26.7 Å². The van der Waals surface area contributed by atoms with Crippen LogP contribution < -0.4 is 5.73 Å². The zero-order chi connectivity index (χ0) is 19.5. The second-order valence-electron chi connectivity index (χ2n) is 6.37. The van der Waals surface area contributed by atoms with Crippen LogP contribution in [0.15, 0.2) is 36.5 Å². The predicted molar refractivity (Wildman–Crippen MR) is 87.3 cm³/mol. The van der Waals surface area contributed by atoms with Crippen molar-refractivity contribution in [2.24, 2.45) is 5.92 Å². The molecule has 1 fully saturated rings. The number of rotatable bonds is 3. The maximum atomic E-state index is 13.9. The fourth-order valence-electron chi connectivity index (χ4n) is 3.13. The molecule has 2 heterocycles. The molecule has 0 saturated heterocycles. The summed E-state index contributed by atoms with van der Waals surface area (Å²) in [5, 5.41) is 0. The van der Waals surface area contributed by atoms with Gasteiger partial charge in [0, 0.05) is 6.20 Å². The van der Waals surface area contributed by atoms with E-state index in [4.69, 9.17) is 5.73 Å². The van der Waals surface area contributed by atoms with Gasteiger partial charge in [0.1, 0.15) is 23.3 Å². The number of carbonyl (C=O) groups is 1. The largest absolute Gasteiger partial charge is 0.419 e. The lowest BCUT2D eigenvalue weighted by atomic mass is 10.00. The number of aromatic nitrogens is 2. The number of hydrogen-bond acceptors (Lipinski definition) is 3. The molecule has 3 aromatic rings. The Balaban J connectivity index is 1.91. The molecule has 0 unspecified atom stereocenters. The molecule has 1 saturated carbocycles. The van der Waals surface area contributed by atoms with Crippen molar-refractivity contribution in [2.45, 2.75) is 18.8 Å². The molecule has 1 aliphatic rings. The summed E-state index contributed by atoms with van der Waals surface area (Å²) < 4.78 is 68.3. The first kappa shape index (κ1) is 17.4. The first-order valence-electron chi connectivity index (χ1n) is 8.00. The maximum absolute atomic E-state index is 13.9. The van der Waals surface area contributed by atoms with Crippen molar-refractivity contribution < 1.29 is 26.7 Å². The molecule has 4 nitrogen and oxygen atoms in total. The van der Waals surface area contributed by atoms with Gasteiger partial charge in [-0.15, -0.1) is 0 Å². The molecule has 0 amide bonds. The van der Waals surface area contributed by atoms with Gasteiger partial charge in [-0.25, -0.2) is 13.8 Å². The highest BCUT2D eigenvalue weighted by molar-refractivity contribution is 6.03. The number of imidazole rings is 1. The first-order chi connectivity index (χ1) is 12.7. The summed E-state index contributed by atoms with van der Waals surface area (Å²) >= 11 is 0. The van der Waals surface area contributed by atoms with Crippen molar-refractivity contribution in [2.75, 3.05) is 5.73 Å². The molecule has 0 bridgehead atoms. The number of hydrogen-bond donors (Lipinski definition) is 1. The van der Waals surface area contributed by atoms with Gasteiger partial charge in [0.2, 0.25) is 0 Å². The predicted octanol–water partition coefficient (Wildman–Crippen LogP) is 4.28. The van der Waals surface area contributed by atoms with Crippen molar-refractivity contribution in [3.05, 3.63) is 53.6 Å². The molecule has 1 aliphatic carbocycles. The minimum Gasteiger partial charge on any atom is -0.382 e. The van der Waals surface area contributed by atoms with Crippen LogP contribution in [0, 0.1) is 11.7 Å². The third kappa shape index (κ3) is 2.83. The zero-order valence-electron chi connectivity index (χ0n) is 13.6. The summed E-state index contributed by atoms with van der Waals surface area (Å²) in [4.78, 5) is 16.4. The smallest absolute Gasteiger partial charge is 0.382 e. The summed E-state index contributed by atoms with van der Waals surface area (Å²) in [5.41, 5.74) is 4.13. The van der Waals surface area contributed by atoms with Crippen LogP contribution in [0.1, 0.15) is 22.5 Å². The third-order valence-electron chi connectivity index (χ3n) is 4.54. The molecule has 1 aromatic carbocycles. The van der Waals surface area contributed by atoms with Gasteiger partial charge in [0.25, 0.3) is 0 Å². The van der Waals surface area contributed by atoms with Crippen molar-refractivity contribution in [3.63, 3.8) is 0 Å². The fourth-order valence-corrected chi connectivity index (χ4v) is 3.13. The number of nitrogen functional groups attached to an aromatic ring is 1. The van der Waals surface area contributed by atoms with Crippen LogP contribution in [-0.2, 0) is 6.18 Å². The third-order valence-corrected chi connectivity index (χ3v) is 4.54. The number of carbonyl (C=O) groups excluding carboxylic acids is 1. The Morgan fingerprint density at radius 2 is 1.93 bits per heavy atom. The Morgan fingerprint density at radius 3 is 2.56 bits per heavy atom. The minimum atomic E-state index is -4.91. The second-order valence-corrected chi connectivity index (χ2v) is 6.37. The Kier molecular flexibility index (Phi) is 3.72. The van der Waals surface area contributed by atoms with Crippen molar-refractivity contribution in [3.8, 4) is 11.1 Å². The van der Waals surface area contributed by atoms with Crippen molar-refractivity contribution >= 4 is 17.2 Å². The van der Waals surface area contributed by atoms with Crippen molar-refractivity contribution in [1.82, 2.24) is 9.38 Å². The fraction of sp³-hybridized carbons (Fsp3) is 0.222. The van der Waals surface area contributed by atoms with E-state index in [-0.39, 0.29) is 34.7 Å². The van der Waals surface area contributed by atoms with Crippen LogP contribution in [0.4, 0.5) is 27.8 Å². The highest BCUT2D eigenvalue weighted by Gasteiger charge is 2.45. The molecule has 2 N–H and O–H groups in total. The van der Waals surface area contributed by atoms with Gasteiger partial charge in [-0.3, -0.25) is 9.20 Å². The lowest BCUT2D eigenvalue weighted by Gasteiger charge is -2.14. The van der Waals surface area contributed by atoms with Crippen LogP contribution in [0.5, 0.6) is 0 Å². The monoisotopic (exact) mass is 381 g/mol. The molecule has 140 valence electrons. The van der Waals surface area contributed by atoms with Crippen LogP contribution >= 0.6 is 0 Å². The summed E-state index contributed by atoms with van der Waals surface area (Å²) in [6.07, 6.45) is -4.86. The average Bonchev–Trinajstić information content (AvgIpc) is 3.22. The number of halogens is 5. The number of benzene rings is 1. The molecule has 0 aliphatic heterocycles. The van der Waals surface area contributed by atoms with Crippen LogP contribution in [0.25, 0.3) is 16.8 Å². The SMILES string of the molecule is Nc1nc2ccc(-c3cccc(F)c3C(F)(F)F)cn2c1C(=O)[C@@H]1C[C@@H]1F. The van der Waals surface area contributed by atoms with Gasteiger partial charge < -0.3 is 5.73 Å². The van der Waals surface area contributed by atoms with Gasteiger partial charge in [0.15, 0.2) is 11.6 Å². The molecule has 4 rings (SSSR count).